The first kappa shape index (κ1) is 18.9. The van der Waals surface area contributed by atoms with Crippen molar-refractivity contribution >= 4 is 25.7 Å². The van der Waals surface area contributed by atoms with Crippen LogP contribution in [0.3, 0.4) is 0 Å². The van der Waals surface area contributed by atoms with Crippen LogP contribution in [-0.4, -0.2) is 46.4 Å². The molecule has 1 rings (SSSR count). The first-order valence-electron chi connectivity index (χ1n) is 6.83. The highest BCUT2D eigenvalue weighted by molar-refractivity contribution is 7.39. The minimum atomic E-state index is -2.78. The van der Waals surface area contributed by atoms with Gasteiger partial charge in [-0.05, 0) is 35.3 Å². The van der Waals surface area contributed by atoms with Gasteiger partial charge in [0.1, 0.15) is 11.7 Å². The molecule has 0 spiro atoms. The molecule has 0 aliphatic carbocycles. The van der Waals surface area contributed by atoms with Crippen molar-refractivity contribution in [3.8, 4) is 5.75 Å². The van der Waals surface area contributed by atoms with Crippen molar-refractivity contribution < 1.29 is 34.0 Å². The molecule has 0 amide bonds. The van der Waals surface area contributed by atoms with E-state index in [1.165, 1.54) is 7.11 Å². The molecular formula is C14H19NO7P+. The van der Waals surface area contributed by atoms with E-state index in [0.29, 0.717) is 11.4 Å². The highest BCUT2D eigenvalue weighted by atomic mass is 31.1. The minimum absolute atomic E-state index is 0.0609. The van der Waals surface area contributed by atoms with Crippen molar-refractivity contribution in [3.05, 3.63) is 24.3 Å². The lowest BCUT2D eigenvalue weighted by molar-refractivity contribution is -0.142. The van der Waals surface area contributed by atoms with E-state index in [4.69, 9.17) is 9.84 Å². The third kappa shape index (κ3) is 6.22. The van der Waals surface area contributed by atoms with Crippen molar-refractivity contribution in [3.63, 3.8) is 0 Å². The third-order valence-electron chi connectivity index (χ3n) is 3.34. The molecule has 0 bridgehead atoms. The standard InChI is InChI=1S/C14H18NO7P/c1-22-10-4-2-9(3-5-10)15-8-12(23(20)21)11(14(18)19)6-7-13(16)17/h2-5,11-12,15H,6-8H2,1H3,(H2-,16,17,18,19,20,21)/p+1. The molecule has 0 radical (unpaired) electrons. The summed E-state index contributed by atoms with van der Waals surface area (Å²) in [6.45, 7) is -0.0609. The molecule has 0 aliphatic heterocycles. The van der Waals surface area contributed by atoms with Gasteiger partial charge in [0.05, 0.1) is 13.7 Å². The van der Waals surface area contributed by atoms with E-state index in [1.807, 2.05) is 0 Å². The first-order chi connectivity index (χ1) is 10.8. The van der Waals surface area contributed by atoms with Gasteiger partial charge in [0, 0.05) is 12.1 Å². The van der Waals surface area contributed by atoms with Gasteiger partial charge >= 0.3 is 20.0 Å². The summed E-state index contributed by atoms with van der Waals surface area (Å²) in [7, 11) is -1.26. The van der Waals surface area contributed by atoms with Gasteiger partial charge < -0.3 is 20.3 Å². The predicted octanol–water partition coefficient (Wildman–Crippen LogP) is 1.78. The molecule has 8 nitrogen and oxygen atoms in total. The number of methoxy groups -OCH3 is 1. The van der Waals surface area contributed by atoms with Crippen molar-refractivity contribution in [1.82, 2.24) is 0 Å². The maximum Gasteiger partial charge on any atom is 0.511 e. The number of carbonyl (C=O) groups is 2. The van der Waals surface area contributed by atoms with E-state index in [-0.39, 0.29) is 19.4 Å². The zero-order valence-electron chi connectivity index (χ0n) is 12.5. The highest BCUT2D eigenvalue weighted by Crippen LogP contribution is 2.32. The molecule has 9 heteroatoms. The molecule has 4 N–H and O–H groups in total. The maximum absolute atomic E-state index is 11.5. The number of nitrogens with one attached hydrogen (secondary N) is 1. The van der Waals surface area contributed by atoms with Gasteiger partial charge in [0.25, 0.3) is 0 Å². The molecular weight excluding hydrogens is 325 g/mol. The highest BCUT2D eigenvalue weighted by Gasteiger charge is 2.42. The molecule has 0 saturated carbocycles. The fourth-order valence-corrected chi connectivity index (χ4v) is 2.90. The molecule has 3 atom stereocenters. The Bertz CT molecular complexity index is 561. The van der Waals surface area contributed by atoms with Gasteiger partial charge in [-0.3, -0.25) is 9.59 Å². The fourth-order valence-electron chi connectivity index (χ4n) is 2.06. The second-order valence-electron chi connectivity index (χ2n) is 4.86. The Labute approximate surface area is 134 Å². The quantitative estimate of drug-likeness (QED) is 0.472. The summed E-state index contributed by atoms with van der Waals surface area (Å²) in [6.07, 6.45) is -0.583. The fraction of sp³-hybridized carbons (Fsp3) is 0.429. The molecule has 0 fully saturated rings. The molecule has 0 saturated heterocycles. The maximum atomic E-state index is 11.5. The van der Waals surface area contributed by atoms with Crippen LogP contribution in [0.25, 0.3) is 0 Å². The topological polar surface area (TPSA) is 133 Å². The molecule has 0 heterocycles. The van der Waals surface area contributed by atoms with Crippen LogP contribution < -0.4 is 10.1 Å². The van der Waals surface area contributed by atoms with Crippen molar-refractivity contribution in [2.24, 2.45) is 5.92 Å². The van der Waals surface area contributed by atoms with Crippen LogP contribution in [-0.2, 0) is 14.2 Å². The van der Waals surface area contributed by atoms with E-state index in [2.05, 4.69) is 5.32 Å². The number of carboxylic acids is 2. The molecule has 1 aromatic carbocycles. The van der Waals surface area contributed by atoms with Crippen LogP contribution in [0.2, 0.25) is 0 Å². The van der Waals surface area contributed by atoms with Gasteiger partial charge in [-0.15, -0.1) is 0 Å². The number of benzene rings is 1. The van der Waals surface area contributed by atoms with E-state index in [0.717, 1.165) is 0 Å². The van der Waals surface area contributed by atoms with Crippen LogP contribution in [0.15, 0.2) is 24.3 Å². The zero-order valence-corrected chi connectivity index (χ0v) is 13.4. The normalized spacial score (nSPS) is 13.7. The summed E-state index contributed by atoms with van der Waals surface area (Å²) in [4.78, 5) is 31.3. The smallest absolute Gasteiger partial charge is 0.497 e. The zero-order chi connectivity index (χ0) is 17.4. The van der Waals surface area contributed by atoms with Gasteiger partial charge in [-0.1, -0.05) is 0 Å². The lowest BCUT2D eigenvalue weighted by Gasteiger charge is -2.15. The first-order valence-corrected chi connectivity index (χ1v) is 8.11. The number of ether oxygens (including phenoxy) is 1. The number of carboxylic acid groups (broad SMARTS) is 2. The molecule has 1 aromatic rings. The van der Waals surface area contributed by atoms with Crippen LogP contribution >= 0.6 is 8.03 Å². The summed E-state index contributed by atoms with van der Waals surface area (Å²) in [5, 5.41) is 20.8. The predicted molar refractivity (Wildman–Crippen MR) is 83.1 cm³/mol. The van der Waals surface area contributed by atoms with E-state index in [1.54, 1.807) is 24.3 Å². The number of hydrogen-bond acceptors (Lipinski definition) is 5. The number of anilines is 1. The second-order valence-corrected chi connectivity index (χ2v) is 6.12. The summed E-state index contributed by atoms with van der Waals surface area (Å²) in [5.74, 6) is -3.01. The summed E-state index contributed by atoms with van der Waals surface area (Å²) >= 11 is 0. The van der Waals surface area contributed by atoms with Gasteiger partial charge in [0.15, 0.2) is 0 Å². The minimum Gasteiger partial charge on any atom is -0.497 e. The van der Waals surface area contributed by atoms with Crippen LogP contribution in [0.1, 0.15) is 12.8 Å². The summed E-state index contributed by atoms with van der Waals surface area (Å²) in [5.41, 5.74) is -0.459. The Morgan fingerprint density at radius 2 is 1.87 bits per heavy atom. The number of aliphatic carboxylic acids is 2. The van der Waals surface area contributed by atoms with E-state index in [9.17, 15) is 24.2 Å². The molecule has 23 heavy (non-hydrogen) atoms. The lowest BCUT2D eigenvalue weighted by atomic mass is 9.99. The van der Waals surface area contributed by atoms with Crippen molar-refractivity contribution in [1.29, 1.82) is 0 Å². The Balaban J connectivity index is 2.76. The van der Waals surface area contributed by atoms with Crippen molar-refractivity contribution in [2.75, 3.05) is 19.0 Å². The van der Waals surface area contributed by atoms with Crippen LogP contribution in [0.5, 0.6) is 5.75 Å². The summed E-state index contributed by atoms with van der Waals surface area (Å²) < 4.78 is 16.5. The number of rotatable bonds is 10. The van der Waals surface area contributed by atoms with Gasteiger partial charge in [-0.25, -0.2) is 0 Å². The van der Waals surface area contributed by atoms with Crippen molar-refractivity contribution in [2.45, 2.75) is 18.5 Å². The Hall–Kier alpha value is -2.18. The van der Waals surface area contributed by atoms with E-state index < -0.39 is 31.5 Å². The molecule has 126 valence electrons. The lowest BCUT2D eigenvalue weighted by Crippen LogP contribution is -2.32. The average Bonchev–Trinajstić information content (AvgIpc) is 2.50. The largest absolute Gasteiger partial charge is 0.511 e. The molecule has 0 aromatic heterocycles. The molecule has 3 unspecified atom stereocenters. The van der Waals surface area contributed by atoms with E-state index >= 15 is 0 Å². The Morgan fingerprint density at radius 1 is 1.26 bits per heavy atom. The van der Waals surface area contributed by atoms with Gasteiger partial charge in [-0.2, -0.15) is 4.89 Å². The molecule has 0 aliphatic rings. The number of hydrogen-bond donors (Lipinski definition) is 4. The van der Waals surface area contributed by atoms with Crippen LogP contribution in [0, 0.1) is 5.92 Å². The van der Waals surface area contributed by atoms with Crippen LogP contribution in [0.4, 0.5) is 5.69 Å². The monoisotopic (exact) mass is 344 g/mol. The summed E-state index contributed by atoms with van der Waals surface area (Å²) in [6, 6.07) is 6.76. The van der Waals surface area contributed by atoms with Gasteiger partial charge in [0.2, 0.25) is 5.66 Å². The third-order valence-corrected chi connectivity index (χ3v) is 4.45. The second kappa shape index (κ2) is 9.07. The Kier molecular flexibility index (Phi) is 7.44. The average molecular weight is 344 g/mol. The SMILES string of the molecule is COc1ccc(NCC(C(CCC(=O)O)C(=O)O)[P+](=O)O)cc1. The Morgan fingerprint density at radius 3 is 2.30 bits per heavy atom.